The number of hydrogen-bond acceptors (Lipinski definition) is 5. The molecule has 0 fully saturated rings. The molecule has 0 aliphatic carbocycles. The van der Waals surface area contributed by atoms with Crippen LogP contribution in [0.1, 0.15) is 36.5 Å². The molecule has 0 unspecified atom stereocenters. The summed E-state index contributed by atoms with van der Waals surface area (Å²) in [5.74, 6) is -0.700. The first-order chi connectivity index (χ1) is 18.4. The van der Waals surface area contributed by atoms with Crippen molar-refractivity contribution >= 4 is 17.9 Å². The van der Waals surface area contributed by atoms with Crippen LogP contribution in [0.2, 0.25) is 0 Å². The maximum atomic E-state index is 14.2. The summed E-state index contributed by atoms with van der Waals surface area (Å²) in [6, 6.07) is 19.9. The topological polar surface area (TPSA) is 80.2 Å². The molecule has 2 atom stereocenters. The van der Waals surface area contributed by atoms with Gasteiger partial charge in [0.05, 0.1) is 6.61 Å². The average molecular weight is 521 g/mol. The van der Waals surface area contributed by atoms with Gasteiger partial charge in [-0.25, -0.2) is 13.8 Å². The predicted octanol–water partition coefficient (Wildman–Crippen LogP) is 5.05. The van der Waals surface area contributed by atoms with E-state index < -0.39 is 29.2 Å². The van der Waals surface area contributed by atoms with Crippen molar-refractivity contribution in [2.45, 2.75) is 38.0 Å². The largest absolute Gasteiger partial charge is 0.494 e. The van der Waals surface area contributed by atoms with Gasteiger partial charge in [-0.3, -0.25) is 4.79 Å². The zero-order valence-electron chi connectivity index (χ0n) is 21.1. The number of nitrogens with one attached hydrogen (secondary N) is 1. The van der Waals surface area contributed by atoms with Crippen LogP contribution in [0.5, 0.6) is 5.75 Å². The Morgan fingerprint density at radius 2 is 1.89 bits per heavy atom. The monoisotopic (exact) mass is 520 g/mol. The molecular weight excluding hydrogens is 490 g/mol. The second kappa shape index (κ2) is 12.5. The number of halogens is 2. The van der Waals surface area contributed by atoms with Gasteiger partial charge < -0.3 is 19.9 Å². The van der Waals surface area contributed by atoms with Crippen molar-refractivity contribution in [1.82, 2.24) is 5.32 Å². The molecule has 0 saturated carbocycles. The first-order valence-electron chi connectivity index (χ1n) is 12.5. The molecule has 1 heterocycles. The van der Waals surface area contributed by atoms with Crippen LogP contribution in [0.25, 0.3) is 6.08 Å². The van der Waals surface area contributed by atoms with Crippen molar-refractivity contribution in [3.8, 4) is 5.75 Å². The van der Waals surface area contributed by atoms with Gasteiger partial charge in [0.1, 0.15) is 23.5 Å². The van der Waals surface area contributed by atoms with Crippen molar-refractivity contribution in [2.24, 2.45) is 4.99 Å². The lowest BCUT2D eigenvalue weighted by Crippen LogP contribution is -2.50. The summed E-state index contributed by atoms with van der Waals surface area (Å²) in [6.07, 6.45) is 3.90. The first-order valence-corrected chi connectivity index (χ1v) is 12.5. The molecule has 0 radical (unpaired) electrons. The number of aliphatic hydroxyl groups excluding tert-OH is 1. The molecule has 1 aliphatic rings. The fraction of sp³-hybridized carbons (Fsp3) is 0.267. The molecule has 8 heteroatoms. The molecule has 3 aromatic rings. The average Bonchev–Trinajstić information content (AvgIpc) is 3.27. The van der Waals surface area contributed by atoms with Crippen molar-refractivity contribution < 1.29 is 28.2 Å². The zero-order chi connectivity index (χ0) is 27.0. The summed E-state index contributed by atoms with van der Waals surface area (Å²) in [5, 5.41) is 11.7. The van der Waals surface area contributed by atoms with Gasteiger partial charge in [0, 0.05) is 37.1 Å². The maximum Gasteiger partial charge on any atom is 0.252 e. The predicted molar refractivity (Wildman–Crippen MR) is 142 cm³/mol. The van der Waals surface area contributed by atoms with Gasteiger partial charge in [0.2, 0.25) is 5.90 Å². The van der Waals surface area contributed by atoms with Crippen LogP contribution in [0.4, 0.5) is 8.78 Å². The van der Waals surface area contributed by atoms with E-state index in [1.165, 1.54) is 0 Å². The summed E-state index contributed by atoms with van der Waals surface area (Å²) in [5.41, 5.74) is 0.364. The number of ether oxygens (including phenoxy) is 2. The van der Waals surface area contributed by atoms with Gasteiger partial charge in [-0.1, -0.05) is 42.5 Å². The summed E-state index contributed by atoms with van der Waals surface area (Å²) < 4.78 is 39.5. The third-order valence-electron chi connectivity index (χ3n) is 6.31. The number of carbonyl (C=O) groups excluding carboxylic acids is 1. The first kappa shape index (κ1) is 27.0. The smallest absolute Gasteiger partial charge is 0.252 e. The number of hydrogen-bond donors (Lipinski definition) is 2. The second-order valence-electron chi connectivity index (χ2n) is 8.99. The minimum atomic E-state index is -1.32. The van der Waals surface area contributed by atoms with E-state index in [4.69, 9.17) is 19.6 Å². The zero-order valence-corrected chi connectivity index (χ0v) is 21.1. The normalized spacial score (nSPS) is 18.7. The number of aliphatic imine (C=N–C) groups is 1. The highest BCUT2D eigenvalue weighted by Crippen LogP contribution is 2.33. The number of carbonyl (C=O) groups is 1. The molecule has 4 rings (SSSR count). The Hall–Kier alpha value is -4.04. The Bertz CT molecular complexity index is 1300. The van der Waals surface area contributed by atoms with Gasteiger partial charge >= 0.3 is 0 Å². The Morgan fingerprint density at radius 1 is 1.13 bits per heavy atom. The van der Waals surface area contributed by atoms with Crippen molar-refractivity contribution in [2.75, 3.05) is 13.2 Å². The SMILES string of the molecule is C[C@H]1OC(c2ccc(OCCCO)cc2)=N[C@@]1(C/C=C/c1ccccc1)C(=O)NCc1cc(F)ccc1F. The van der Waals surface area contributed by atoms with E-state index in [1.807, 2.05) is 42.5 Å². The molecule has 1 amide bonds. The molecule has 0 spiro atoms. The molecule has 198 valence electrons. The Balaban J connectivity index is 1.58. The Morgan fingerprint density at radius 3 is 2.63 bits per heavy atom. The molecular formula is C30H30F2N2O4. The maximum absolute atomic E-state index is 14.2. The fourth-order valence-electron chi connectivity index (χ4n) is 4.13. The van der Waals surface area contributed by atoms with E-state index in [2.05, 4.69) is 5.32 Å². The van der Waals surface area contributed by atoms with Crippen LogP contribution < -0.4 is 10.1 Å². The molecule has 0 bridgehead atoms. The van der Waals surface area contributed by atoms with Gasteiger partial charge in [-0.15, -0.1) is 0 Å². The number of benzene rings is 3. The molecule has 6 nitrogen and oxygen atoms in total. The summed E-state index contributed by atoms with van der Waals surface area (Å²) >= 11 is 0. The van der Waals surface area contributed by atoms with Crippen LogP contribution in [0.3, 0.4) is 0 Å². The second-order valence-corrected chi connectivity index (χ2v) is 8.99. The number of aliphatic hydroxyl groups is 1. The highest BCUT2D eigenvalue weighted by atomic mass is 19.1. The quantitative estimate of drug-likeness (QED) is 0.347. The van der Waals surface area contributed by atoms with Crippen LogP contribution in [-0.2, 0) is 16.1 Å². The van der Waals surface area contributed by atoms with Gasteiger partial charge in [0.15, 0.2) is 5.54 Å². The van der Waals surface area contributed by atoms with Gasteiger partial charge in [-0.05, 0) is 55.0 Å². The third-order valence-corrected chi connectivity index (χ3v) is 6.31. The van der Waals surface area contributed by atoms with E-state index in [0.717, 1.165) is 23.8 Å². The Labute approximate surface area is 220 Å². The van der Waals surface area contributed by atoms with Crippen molar-refractivity contribution in [3.63, 3.8) is 0 Å². The molecule has 38 heavy (non-hydrogen) atoms. The standard InChI is InChI=1S/C30H30F2N2O4/c1-21-30(16-5-9-22-7-3-2-4-8-22,29(36)33-20-24-19-25(31)12-15-27(24)32)34-28(38-21)23-10-13-26(14-11-23)37-18-6-17-35/h2-5,7-15,19,21,35H,6,16-18,20H2,1H3,(H,33,36)/b9-5+/t21-,30-/m1/s1. The summed E-state index contributed by atoms with van der Waals surface area (Å²) in [6.45, 7) is 2.02. The van der Waals surface area contributed by atoms with Crippen LogP contribution in [-0.4, -0.2) is 41.8 Å². The molecule has 0 saturated heterocycles. The van der Waals surface area contributed by atoms with Gasteiger partial charge in [-0.2, -0.15) is 0 Å². The van der Waals surface area contributed by atoms with E-state index in [-0.39, 0.29) is 25.1 Å². The van der Waals surface area contributed by atoms with E-state index >= 15 is 0 Å². The lowest BCUT2D eigenvalue weighted by atomic mass is 9.88. The molecule has 3 aromatic carbocycles. The van der Waals surface area contributed by atoms with E-state index in [0.29, 0.717) is 30.2 Å². The highest BCUT2D eigenvalue weighted by Gasteiger charge is 2.49. The summed E-state index contributed by atoms with van der Waals surface area (Å²) in [7, 11) is 0. The third kappa shape index (κ3) is 6.44. The van der Waals surface area contributed by atoms with E-state index in [9.17, 15) is 13.6 Å². The minimum Gasteiger partial charge on any atom is -0.494 e. The van der Waals surface area contributed by atoms with Crippen LogP contribution >= 0.6 is 0 Å². The van der Waals surface area contributed by atoms with Crippen molar-refractivity contribution in [3.05, 3.63) is 107 Å². The lowest BCUT2D eigenvalue weighted by Gasteiger charge is -2.27. The number of rotatable bonds is 11. The molecule has 1 aliphatic heterocycles. The highest BCUT2D eigenvalue weighted by molar-refractivity contribution is 6.00. The van der Waals surface area contributed by atoms with E-state index in [1.54, 1.807) is 31.2 Å². The van der Waals surface area contributed by atoms with Gasteiger partial charge in [0.25, 0.3) is 5.91 Å². The number of nitrogens with zero attached hydrogens (tertiary/aromatic N) is 1. The number of amides is 1. The molecule has 2 N–H and O–H groups in total. The van der Waals surface area contributed by atoms with Crippen LogP contribution in [0.15, 0.2) is 83.9 Å². The van der Waals surface area contributed by atoms with Crippen LogP contribution in [0, 0.1) is 11.6 Å². The fourth-order valence-corrected chi connectivity index (χ4v) is 4.13. The minimum absolute atomic E-state index is 0.0425. The summed E-state index contributed by atoms with van der Waals surface area (Å²) in [4.78, 5) is 18.3. The van der Waals surface area contributed by atoms with Crippen molar-refractivity contribution in [1.29, 1.82) is 0 Å². The lowest BCUT2D eigenvalue weighted by molar-refractivity contribution is -0.128. The Kier molecular flexibility index (Phi) is 8.86. The molecule has 0 aromatic heterocycles.